The van der Waals surface area contributed by atoms with Crippen LogP contribution < -0.4 is 5.32 Å². The van der Waals surface area contributed by atoms with E-state index in [1.54, 1.807) is 12.1 Å². The summed E-state index contributed by atoms with van der Waals surface area (Å²) in [5.41, 5.74) is 0.655. The van der Waals surface area contributed by atoms with Crippen molar-refractivity contribution < 1.29 is 14.1 Å². The lowest BCUT2D eigenvalue weighted by molar-refractivity contribution is -0.385. The maximum atomic E-state index is 14.4. The number of nitro groups is 1. The second kappa shape index (κ2) is 7.87. The summed E-state index contributed by atoms with van der Waals surface area (Å²) >= 11 is 5.87. The van der Waals surface area contributed by atoms with Gasteiger partial charge in [0.1, 0.15) is 17.7 Å². The van der Waals surface area contributed by atoms with Crippen LogP contribution in [-0.2, 0) is 4.74 Å². The van der Waals surface area contributed by atoms with Crippen LogP contribution >= 0.6 is 11.6 Å². The highest BCUT2D eigenvalue weighted by atomic mass is 35.5. The number of piperidine rings is 1. The Morgan fingerprint density at radius 3 is 2.94 bits per heavy atom. The zero-order valence-corrected chi connectivity index (χ0v) is 18.7. The molecule has 3 fully saturated rings. The van der Waals surface area contributed by atoms with Gasteiger partial charge in [0.25, 0.3) is 5.69 Å². The molecule has 1 aromatic heterocycles. The van der Waals surface area contributed by atoms with Gasteiger partial charge in [-0.05, 0) is 30.5 Å². The van der Waals surface area contributed by atoms with Gasteiger partial charge in [0.05, 0.1) is 40.4 Å². The van der Waals surface area contributed by atoms with E-state index in [4.69, 9.17) is 16.3 Å². The fraction of sp³-hybridized carbons (Fsp3) is 0.333. The molecule has 2 aliphatic heterocycles. The number of halogens is 2. The number of anilines is 2. The molecule has 0 bridgehead atoms. The third-order valence-corrected chi connectivity index (χ3v) is 7.20. The van der Waals surface area contributed by atoms with Crippen LogP contribution in [0.5, 0.6) is 0 Å². The number of nitrogens with zero attached hydrogens (tertiary/aromatic N) is 4. The second-order valence-corrected chi connectivity index (χ2v) is 9.43. The normalized spacial score (nSPS) is 23.6. The van der Waals surface area contributed by atoms with Crippen molar-refractivity contribution >= 4 is 39.7 Å². The van der Waals surface area contributed by atoms with E-state index in [2.05, 4.69) is 32.0 Å². The first kappa shape index (κ1) is 21.2. The molecule has 8 nitrogen and oxygen atoms in total. The van der Waals surface area contributed by atoms with E-state index >= 15 is 0 Å². The number of hydrogen-bond acceptors (Lipinski definition) is 7. The number of hydrogen-bond donors (Lipinski definition) is 1. The molecule has 1 aliphatic carbocycles. The Bertz CT molecular complexity index is 1400. The van der Waals surface area contributed by atoms with Crippen molar-refractivity contribution in [3.63, 3.8) is 0 Å². The van der Waals surface area contributed by atoms with Gasteiger partial charge in [0.15, 0.2) is 5.82 Å². The van der Waals surface area contributed by atoms with E-state index in [1.165, 1.54) is 24.5 Å². The predicted molar refractivity (Wildman–Crippen MR) is 124 cm³/mol. The van der Waals surface area contributed by atoms with Crippen molar-refractivity contribution in [1.82, 2.24) is 14.9 Å². The van der Waals surface area contributed by atoms with Gasteiger partial charge in [-0.2, -0.15) is 0 Å². The Hall–Kier alpha value is -3.32. The van der Waals surface area contributed by atoms with Crippen LogP contribution in [0.1, 0.15) is 12.0 Å². The second-order valence-electron chi connectivity index (χ2n) is 9.02. The number of rotatable bonds is 4. The smallest absolute Gasteiger partial charge is 0.285 e. The average Bonchev–Trinajstić information content (AvgIpc) is 3.33. The summed E-state index contributed by atoms with van der Waals surface area (Å²) in [6.45, 7) is 3.41. The molecule has 10 heteroatoms. The molecule has 6 rings (SSSR count). The molecule has 2 saturated heterocycles. The minimum absolute atomic E-state index is 0.0417. The first-order valence-electron chi connectivity index (χ1n) is 10.9. The maximum absolute atomic E-state index is 14.4. The van der Waals surface area contributed by atoms with Gasteiger partial charge in [-0.25, -0.2) is 14.4 Å². The number of fused-ring (bicyclic) bond motifs is 2. The highest BCUT2D eigenvalue weighted by Gasteiger charge is 2.60. The summed E-state index contributed by atoms with van der Waals surface area (Å²) < 4.78 is 19.7. The summed E-state index contributed by atoms with van der Waals surface area (Å²) in [5.74, 6) is 6.54. The van der Waals surface area contributed by atoms with Crippen molar-refractivity contribution in [3.8, 4) is 11.8 Å². The molecule has 0 unspecified atom stereocenters. The molecule has 0 amide bonds. The summed E-state index contributed by atoms with van der Waals surface area (Å²) in [4.78, 5) is 22.3. The minimum atomic E-state index is -0.634. The lowest BCUT2D eigenvalue weighted by atomic mass is 10.0. The molecule has 1 N–H and O–H groups in total. The van der Waals surface area contributed by atoms with Crippen LogP contribution in [0.25, 0.3) is 10.9 Å². The highest BCUT2D eigenvalue weighted by molar-refractivity contribution is 6.31. The molecule has 3 heterocycles. The third-order valence-electron chi connectivity index (χ3n) is 6.91. The zero-order valence-electron chi connectivity index (χ0n) is 17.9. The molecular weight excluding hydrogens is 461 g/mol. The van der Waals surface area contributed by atoms with E-state index < -0.39 is 10.7 Å². The lowest BCUT2D eigenvalue weighted by Crippen LogP contribution is -2.49. The summed E-state index contributed by atoms with van der Waals surface area (Å²) in [5, 5.41) is 15.1. The van der Waals surface area contributed by atoms with Gasteiger partial charge in [0, 0.05) is 30.0 Å². The average molecular weight is 480 g/mol. The Morgan fingerprint density at radius 2 is 2.18 bits per heavy atom. The minimum Gasteiger partial charge on any atom is -0.378 e. The molecule has 3 aliphatic rings. The van der Waals surface area contributed by atoms with Crippen LogP contribution in [0, 0.1) is 39.1 Å². The van der Waals surface area contributed by atoms with Crippen molar-refractivity contribution in [3.05, 3.63) is 63.2 Å². The number of nitro benzene ring substituents is 1. The number of benzene rings is 2. The molecule has 1 saturated carbocycles. The molecule has 2 aromatic carbocycles. The SMILES string of the molecule is O=[N+]([O-])c1cc2c(Nc3cccc(Cl)c3F)ncnc2cc1C#C[C@@]12C[C@@H]1CN(C1COC1)C2. The Morgan fingerprint density at radius 1 is 1.32 bits per heavy atom. The topological polar surface area (TPSA) is 93.4 Å². The Kier molecular flexibility index (Phi) is 4.92. The van der Waals surface area contributed by atoms with E-state index in [0.29, 0.717) is 28.4 Å². The van der Waals surface area contributed by atoms with E-state index in [0.717, 1.165) is 32.7 Å². The predicted octanol–water partition coefficient (Wildman–Crippen LogP) is 4.15. The molecule has 0 spiro atoms. The van der Waals surface area contributed by atoms with Crippen LogP contribution in [0.15, 0.2) is 36.7 Å². The van der Waals surface area contributed by atoms with Crippen LogP contribution in [0.4, 0.5) is 21.6 Å². The standard InChI is InChI=1S/C24H19ClFN5O3/c25-18-2-1-3-19(22(18)26)29-23-17-7-21(31(32)33)14(6-20(17)27-13-28-23)4-5-24-8-15(24)9-30(12-24)16-10-34-11-16/h1-3,6-7,13,15-16H,8-12H2,(H,27,28,29)/t15-,24+/m1/s1. The number of nitrogens with one attached hydrogen (secondary N) is 1. The number of aromatic nitrogens is 2. The fourth-order valence-corrected chi connectivity index (χ4v) is 4.97. The van der Waals surface area contributed by atoms with Gasteiger partial charge in [-0.15, -0.1) is 0 Å². The highest BCUT2D eigenvalue weighted by Crippen LogP contribution is 2.58. The summed E-state index contributed by atoms with van der Waals surface area (Å²) in [7, 11) is 0. The summed E-state index contributed by atoms with van der Waals surface area (Å²) in [6.07, 6.45) is 2.34. The molecule has 0 radical (unpaired) electrons. The van der Waals surface area contributed by atoms with Crippen molar-refractivity contribution in [2.45, 2.75) is 12.5 Å². The monoisotopic (exact) mass is 479 g/mol. The van der Waals surface area contributed by atoms with Crippen molar-refractivity contribution in [2.75, 3.05) is 31.6 Å². The molecule has 3 aromatic rings. The molecular formula is C24H19ClFN5O3. The van der Waals surface area contributed by atoms with E-state index in [1.807, 2.05) is 0 Å². The molecule has 172 valence electrons. The van der Waals surface area contributed by atoms with E-state index in [-0.39, 0.29) is 27.6 Å². The van der Waals surface area contributed by atoms with Crippen LogP contribution in [-0.4, -0.2) is 52.1 Å². The Labute approximate surface area is 199 Å². The van der Waals surface area contributed by atoms with Gasteiger partial charge in [0.2, 0.25) is 0 Å². The number of likely N-dealkylation sites (tertiary alicyclic amines) is 1. The van der Waals surface area contributed by atoms with Gasteiger partial charge < -0.3 is 10.1 Å². The van der Waals surface area contributed by atoms with E-state index in [9.17, 15) is 14.5 Å². The third kappa shape index (κ3) is 3.55. The largest absolute Gasteiger partial charge is 0.378 e. The van der Waals surface area contributed by atoms with Gasteiger partial charge in [-0.3, -0.25) is 15.0 Å². The van der Waals surface area contributed by atoms with Gasteiger partial charge >= 0.3 is 0 Å². The Balaban J connectivity index is 1.35. The fourth-order valence-electron chi connectivity index (χ4n) is 4.79. The first-order chi connectivity index (χ1) is 16.4. The number of ether oxygens (including phenoxy) is 1. The van der Waals surface area contributed by atoms with Gasteiger partial charge in [-0.1, -0.05) is 29.5 Å². The van der Waals surface area contributed by atoms with Crippen molar-refractivity contribution in [2.24, 2.45) is 11.3 Å². The quantitative estimate of drug-likeness (QED) is 0.341. The first-order valence-corrected chi connectivity index (χ1v) is 11.3. The van der Waals surface area contributed by atoms with Crippen LogP contribution in [0.2, 0.25) is 5.02 Å². The maximum Gasteiger partial charge on any atom is 0.285 e. The molecule has 34 heavy (non-hydrogen) atoms. The molecule has 2 atom stereocenters. The zero-order chi connectivity index (χ0) is 23.4. The lowest BCUT2D eigenvalue weighted by Gasteiger charge is -2.35. The summed E-state index contributed by atoms with van der Waals surface area (Å²) in [6, 6.07) is 7.99. The van der Waals surface area contributed by atoms with Crippen LogP contribution in [0.3, 0.4) is 0 Å². The van der Waals surface area contributed by atoms with Crippen molar-refractivity contribution in [1.29, 1.82) is 0 Å².